The molecule has 1 aliphatic heterocycles. The van der Waals surface area contributed by atoms with E-state index in [0.717, 1.165) is 47.7 Å². The molecule has 1 aromatic carbocycles. The molecule has 8 nitrogen and oxygen atoms in total. The second-order valence-corrected chi connectivity index (χ2v) is 9.89. The molecule has 1 fully saturated rings. The average molecular weight is 434 g/mol. The van der Waals surface area contributed by atoms with E-state index in [0.29, 0.717) is 0 Å². The van der Waals surface area contributed by atoms with Crippen LogP contribution in [0.15, 0.2) is 28.7 Å². The number of carbonyl (C=O) groups is 2. The van der Waals surface area contributed by atoms with E-state index < -0.39 is 16.7 Å². The van der Waals surface area contributed by atoms with Gasteiger partial charge in [0.1, 0.15) is 11.3 Å². The first-order valence-corrected chi connectivity index (χ1v) is 11.1. The van der Waals surface area contributed by atoms with Crippen molar-refractivity contribution in [3.8, 4) is 0 Å². The number of aryl methyl sites for hydroxylation is 1. The highest BCUT2D eigenvalue weighted by molar-refractivity contribution is 8.20. The molecule has 2 aromatic rings. The Kier molecular flexibility index (Phi) is 5.30. The van der Waals surface area contributed by atoms with E-state index in [1.54, 1.807) is 0 Å². The van der Waals surface area contributed by atoms with E-state index in [9.17, 15) is 19.7 Å². The average Bonchev–Trinajstić information content (AvgIpc) is 3.31. The van der Waals surface area contributed by atoms with Gasteiger partial charge in [-0.15, -0.1) is 23.5 Å². The molecule has 1 saturated heterocycles. The molecule has 1 aromatic heterocycles. The number of fused-ring (bicyclic) bond motifs is 2. The number of hydrogen-bond donors (Lipinski definition) is 2. The molecular weight excluding hydrogens is 414 g/mol. The Morgan fingerprint density at radius 1 is 1.17 bits per heavy atom. The Morgan fingerprint density at radius 2 is 1.86 bits per heavy atom. The Hall–Kier alpha value is -2.46. The van der Waals surface area contributed by atoms with Gasteiger partial charge in [0.05, 0.1) is 9.00 Å². The fraction of sp³-hybridized carbons (Fsp3) is 0.368. The molecule has 2 amide bonds. The third-order valence-corrected chi connectivity index (χ3v) is 8.64. The quantitative estimate of drug-likeness (QED) is 0.562. The number of nitrogens with zero attached hydrogens (tertiary/aromatic N) is 1. The Balaban J connectivity index is 1.53. The van der Waals surface area contributed by atoms with Gasteiger partial charge < -0.3 is 4.42 Å². The summed E-state index contributed by atoms with van der Waals surface area (Å²) in [4.78, 5) is 35.4. The first-order chi connectivity index (χ1) is 13.9. The van der Waals surface area contributed by atoms with Gasteiger partial charge in [0.2, 0.25) is 0 Å². The van der Waals surface area contributed by atoms with E-state index in [1.807, 2.05) is 30.4 Å². The van der Waals surface area contributed by atoms with Crippen molar-refractivity contribution < 1.29 is 18.9 Å². The van der Waals surface area contributed by atoms with Gasteiger partial charge in [-0.1, -0.05) is 12.1 Å². The molecule has 0 atom stereocenters. The van der Waals surface area contributed by atoms with Crippen LogP contribution in [0.3, 0.4) is 0 Å². The number of rotatable bonds is 3. The van der Waals surface area contributed by atoms with Crippen LogP contribution in [0, 0.1) is 17.0 Å². The summed E-state index contributed by atoms with van der Waals surface area (Å²) in [6, 6.07) is 5.55. The number of thioether (sulfide) groups is 2. The van der Waals surface area contributed by atoms with Crippen molar-refractivity contribution in [1.29, 1.82) is 0 Å². The number of hydrogen-bond acceptors (Lipinski definition) is 7. The number of furan rings is 1. The maximum Gasteiger partial charge on any atom is 0.305 e. The van der Waals surface area contributed by atoms with E-state index in [1.165, 1.54) is 24.3 Å². The number of benzene rings is 1. The Morgan fingerprint density at radius 3 is 2.59 bits per heavy atom. The third-order valence-electron chi connectivity index (χ3n) is 5.11. The maximum absolute atomic E-state index is 12.7. The van der Waals surface area contributed by atoms with Crippen LogP contribution in [0.5, 0.6) is 0 Å². The molecule has 1 aliphatic carbocycles. The number of nitro benzene ring substituents is 1. The highest BCUT2D eigenvalue weighted by Gasteiger charge is 2.45. The standard InChI is InChI=1S/C19H19N3O5S2/c1-11-15-14(7-4-8-19(15)28-9-10-29-19)27-16(11)18(24)21-20-17(23)12-5-2-3-6-13(12)22(25)26/h2-3,5-6H,4,7-10H2,1H3,(H,20,23)(H,21,24). The van der Waals surface area contributed by atoms with Gasteiger partial charge in [-0.3, -0.25) is 30.6 Å². The van der Waals surface area contributed by atoms with Gasteiger partial charge in [-0.25, -0.2) is 0 Å². The number of carbonyl (C=O) groups excluding carboxylic acids is 2. The SMILES string of the molecule is Cc1c(C(=O)NNC(=O)c2ccccc2[N+](=O)[O-])oc2c1C1(CCC2)SCCS1. The smallest absolute Gasteiger partial charge is 0.305 e. The minimum atomic E-state index is -0.766. The summed E-state index contributed by atoms with van der Waals surface area (Å²) in [6.45, 7) is 1.87. The van der Waals surface area contributed by atoms with Crippen molar-refractivity contribution in [2.75, 3.05) is 11.5 Å². The zero-order chi connectivity index (χ0) is 20.6. The summed E-state index contributed by atoms with van der Waals surface area (Å²) < 4.78 is 5.84. The summed E-state index contributed by atoms with van der Waals surface area (Å²) in [6.07, 6.45) is 2.84. The Bertz CT molecular complexity index is 998. The van der Waals surface area contributed by atoms with Crippen molar-refractivity contribution in [1.82, 2.24) is 10.9 Å². The highest BCUT2D eigenvalue weighted by Crippen LogP contribution is 2.59. The molecule has 29 heavy (non-hydrogen) atoms. The molecule has 0 unspecified atom stereocenters. The normalized spacial score (nSPS) is 17.0. The molecule has 10 heteroatoms. The van der Waals surface area contributed by atoms with Gasteiger partial charge in [0.25, 0.3) is 11.6 Å². The van der Waals surface area contributed by atoms with Crippen molar-refractivity contribution in [2.45, 2.75) is 30.3 Å². The number of nitro groups is 1. The first-order valence-electron chi connectivity index (χ1n) is 9.18. The molecule has 152 valence electrons. The van der Waals surface area contributed by atoms with Crippen LogP contribution in [-0.2, 0) is 10.5 Å². The molecule has 0 radical (unpaired) electrons. The monoisotopic (exact) mass is 433 g/mol. The summed E-state index contributed by atoms with van der Waals surface area (Å²) in [5, 5.41) is 11.1. The van der Waals surface area contributed by atoms with Crippen molar-refractivity contribution in [2.24, 2.45) is 0 Å². The van der Waals surface area contributed by atoms with Crippen LogP contribution in [0.2, 0.25) is 0 Å². The van der Waals surface area contributed by atoms with Crippen molar-refractivity contribution in [3.63, 3.8) is 0 Å². The number of hydrazine groups is 1. The van der Waals surface area contributed by atoms with Crippen LogP contribution in [0.4, 0.5) is 5.69 Å². The minimum Gasteiger partial charge on any atom is -0.455 e. The number of amides is 2. The topological polar surface area (TPSA) is 114 Å². The van der Waals surface area contributed by atoms with Crippen molar-refractivity contribution >= 4 is 41.0 Å². The lowest BCUT2D eigenvalue weighted by atomic mass is 9.94. The van der Waals surface area contributed by atoms with Gasteiger partial charge in [0.15, 0.2) is 5.76 Å². The van der Waals surface area contributed by atoms with Crippen LogP contribution < -0.4 is 10.9 Å². The molecule has 4 rings (SSSR count). The molecule has 2 aliphatic rings. The minimum absolute atomic E-state index is 0.0480. The van der Waals surface area contributed by atoms with Gasteiger partial charge in [0, 0.05) is 35.1 Å². The third kappa shape index (κ3) is 3.51. The summed E-state index contributed by atoms with van der Waals surface area (Å²) in [5.41, 5.74) is 6.00. The molecule has 0 bridgehead atoms. The van der Waals surface area contributed by atoms with E-state index in [-0.39, 0.29) is 21.1 Å². The zero-order valence-corrected chi connectivity index (χ0v) is 17.3. The van der Waals surface area contributed by atoms with Gasteiger partial charge in [-0.2, -0.15) is 0 Å². The van der Waals surface area contributed by atoms with Crippen LogP contribution in [0.25, 0.3) is 0 Å². The van der Waals surface area contributed by atoms with Gasteiger partial charge in [-0.05, 0) is 25.8 Å². The lowest BCUT2D eigenvalue weighted by molar-refractivity contribution is -0.385. The second-order valence-electron chi connectivity index (χ2n) is 6.84. The summed E-state index contributed by atoms with van der Waals surface area (Å²) >= 11 is 3.81. The lowest BCUT2D eigenvalue weighted by Gasteiger charge is -2.31. The van der Waals surface area contributed by atoms with Crippen LogP contribution in [0.1, 0.15) is 50.6 Å². The van der Waals surface area contributed by atoms with Crippen molar-refractivity contribution in [3.05, 3.63) is 62.6 Å². The van der Waals surface area contributed by atoms with Crippen LogP contribution >= 0.6 is 23.5 Å². The first kappa shape index (κ1) is 19.8. The Labute approximate surface area is 175 Å². The molecule has 1 spiro atoms. The molecule has 2 N–H and O–H groups in total. The number of para-hydroxylation sites is 1. The largest absolute Gasteiger partial charge is 0.455 e. The predicted octanol–water partition coefficient (Wildman–Crippen LogP) is 3.54. The predicted molar refractivity (Wildman–Crippen MR) is 111 cm³/mol. The van der Waals surface area contributed by atoms with E-state index in [2.05, 4.69) is 10.9 Å². The van der Waals surface area contributed by atoms with E-state index in [4.69, 9.17) is 4.42 Å². The highest BCUT2D eigenvalue weighted by atomic mass is 32.2. The van der Waals surface area contributed by atoms with Gasteiger partial charge >= 0.3 is 5.91 Å². The summed E-state index contributed by atoms with van der Waals surface area (Å²) in [7, 11) is 0. The molecule has 0 saturated carbocycles. The number of nitrogens with one attached hydrogen (secondary N) is 2. The molecular formula is C19H19N3O5S2. The fourth-order valence-corrected chi connectivity index (χ4v) is 7.44. The van der Waals surface area contributed by atoms with E-state index >= 15 is 0 Å². The fourth-order valence-electron chi connectivity index (χ4n) is 3.88. The summed E-state index contributed by atoms with van der Waals surface area (Å²) in [5.74, 6) is 1.81. The lowest BCUT2D eigenvalue weighted by Crippen LogP contribution is -2.42. The second kappa shape index (κ2) is 7.75. The molecule has 2 heterocycles. The van der Waals surface area contributed by atoms with Crippen LogP contribution in [-0.4, -0.2) is 28.2 Å². The zero-order valence-electron chi connectivity index (χ0n) is 15.6. The maximum atomic E-state index is 12.7.